The highest BCUT2D eigenvalue weighted by atomic mass is 16.3. The van der Waals surface area contributed by atoms with Crippen LogP contribution >= 0.6 is 0 Å². The number of aliphatic hydroxyl groups excluding tert-OH is 1. The number of carbonyl (C=O) groups excluding carboxylic acids is 1. The normalized spacial score (nSPS) is 17.5. The molecule has 0 aliphatic heterocycles. The molecule has 1 amide bonds. The average molecular weight is 208 g/mol. The van der Waals surface area contributed by atoms with Crippen molar-refractivity contribution in [3.63, 3.8) is 0 Å². The number of aliphatic hydroxyl groups is 1. The second-order valence-electron chi connectivity index (χ2n) is 4.35. The predicted octanol–water partition coefficient (Wildman–Crippen LogP) is 0.527. The van der Waals surface area contributed by atoms with E-state index in [1.54, 1.807) is 10.6 Å². The second kappa shape index (κ2) is 3.70. The van der Waals surface area contributed by atoms with Crippen molar-refractivity contribution in [1.82, 2.24) is 9.88 Å². The third kappa shape index (κ3) is 2.04. The van der Waals surface area contributed by atoms with Crippen molar-refractivity contribution >= 4 is 5.91 Å². The summed E-state index contributed by atoms with van der Waals surface area (Å²) >= 11 is 0. The van der Waals surface area contributed by atoms with Crippen molar-refractivity contribution in [2.75, 3.05) is 13.2 Å². The lowest BCUT2D eigenvalue weighted by Gasteiger charge is -2.12. The van der Waals surface area contributed by atoms with Crippen LogP contribution in [0.15, 0.2) is 18.3 Å². The van der Waals surface area contributed by atoms with Gasteiger partial charge in [0.05, 0.1) is 6.61 Å². The smallest absolute Gasteiger partial charge is 0.267 e. The van der Waals surface area contributed by atoms with E-state index in [0.29, 0.717) is 12.2 Å². The average Bonchev–Trinajstić information content (AvgIpc) is 2.91. The van der Waals surface area contributed by atoms with Crippen molar-refractivity contribution in [1.29, 1.82) is 0 Å². The molecule has 82 valence electrons. The molecule has 4 nitrogen and oxygen atoms in total. The van der Waals surface area contributed by atoms with Gasteiger partial charge in [0.25, 0.3) is 5.91 Å². The quantitative estimate of drug-likeness (QED) is 0.758. The molecular formula is C11H16N2O2. The molecule has 0 spiro atoms. The van der Waals surface area contributed by atoms with Crippen molar-refractivity contribution in [2.24, 2.45) is 12.5 Å². The Morgan fingerprint density at radius 1 is 1.67 bits per heavy atom. The van der Waals surface area contributed by atoms with E-state index in [1.807, 2.05) is 19.3 Å². The maximum absolute atomic E-state index is 11.7. The lowest BCUT2D eigenvalue weighted by atomic mass is 10.1. The van der Waals surface area contributed by atoms with Crippen LogP contribution in [0.4, 0.5) is 0 Å². The molecule has 1 aromatic heterocycles. The van der Waals surface area contributed by atoms with Crippen molar-refractivity contribution in [3.05, 3.63) is 24.0 Å². The molecule has 0 atom stereocenters. The van der Waals surface area contributed by atoms with E-state index in [0.717, 1.165) is 12.8 Å². The summed E-state index contributed by atoms with van der Waals surface area (Å²) in [6, 6.07) is 3.63. The molecule has 1 aromatic rings. The third-order valence-corrected chi connectivity index (χ3v) is 3.09. The number of nitrogens with zero attached hydrogens (tertiary/aromatic N) is 1. The largest absolute Gasteiger partial charge is 0.396 e. The van der Waals surface area contributed by atoms with Crippen LogP contribution in [-0.2, 0) is 7.05 Å². The highest BCUT2D eigenvalue weighted by Crippen LogP contribution is 2.44. The van der Waals surface area contributed by atoms with Crippen LogP contribution in [0.25, 0.3) is 0 Å². The molecule has 2 rings (SSSR count). The summed E-state index contributed by atoms with van der Waals surface area (Å²) in [5, 5.41) is 12.0. The van der Waals surface area contributed by atoms with Gasteiger partial charge < -0.3 is 15.0 Å². The van der Waals surface area contributed by atoms with E-state index < -0.39 is 0 Å². The third-order valence-electron chi connectivity index (χ3n) is 3.09. The molecule has 2 N–H and O–H groups in total. The zero-order chi connectivity index (χ0) is 10.9. The summed E-state index contributed by atoms with van der Waals surface area (Å²) < 4.78 is 1.79. The van der Waals surface area contributed by atoms with Crippen LogP contribution in [0.1, 0.15) is 23.3 Å². The van der Waals surface area contributed by atoms with Crippen molar-refractivity contribution in [3.8, 4) is 0 Å². The summed E-state index contributed by atoms with van der Waals surface area (Å²) in [5.41, 5.74) is 0.629. The molecule has 0 bridgehead atoms. The molecule has 0 aromatic carbocycles. The Hall–Kier alpha value is -1.29. The summed E-state index contributed by atoms with van der Waals surface area (Å²) in [6.07, 6.45) is 3.86. The van der Waals surface area contributed by atoms with Gasteiger partial charge in [-0.25, -0.2) is 0 Å². The number of amides is 1. The maximum atomic E-state index is 11.7. The summed E-state index contributed by atoms with van der Waals surface area (Å²) in [4.78, 5) is 11.7. The minimum Gasteiger partial charge on any atom is -0.396 e. The maximum Gasteiger partial charge on any atom is 0.267 e. The van der Waals surface area contributed by atoms with Crippen LogP contribution in [0, 0.1) is 5.41 Å². The first kappa shape index (κ1) is 10.2. The Morgan fingerprint density at radius 2 is 2.40 bits per heavy atom. The van der Waals surface area contributed by atoms with Gasteiger partial charge in [-0.1, -0.05) is 0 Å². The molecule has 1 heterocycles. The lowest BCUT2D eigenvalue weighted by Crippen LogP contribution is -2.32. The number of hydrogen-bond acceptors (Lipinski definition) is 2. The summed E-state index contributed by atoms with van der Waals surface area (Å²) in [5.74, 6) is -0.0674. The second-order valence-corrected chi connectivity index (χ2v) is 4.35. The standard InChI is InChI=1S/C11H16N2O2/c1-13-6-2-3-9(13)10(15)12-7-11(8-14)4-5-11/h2-3,6,14H,4-5,7-8H2,1H3,(H,12,15). The van der Waals surface area contributed by atoms with Crippen LogP contribution in [0.3, 0.4) is 0 Å². The van der Waals surface area contributed by atoms with Crippen molar-refractivity contribution < 1.29 is 9.90 Å². The van der Waals surface area contributed by atoms with Gasteiger partial charge >= 0.3 is 0 Å². The fraction of sp³-hybridized carbons (Fsp3) is 0.545. The van der Waals surface area contributed by atoms with Crippen molar-refractivity contribution in [2.45, 2.75) is 12.8 Å². The van der Waals surface area contributed by atoms with Gasteiger partial charge in [0.2, 0.25) is 0 Å². The molecule has 15 heavy (non-hydrogen) atoms. The van der Waals surface area contributed by atoms with E-state index >= 15 is 0 Å². The Labute approximate surface area is 88.9 Å². The molecule has 0 saturated heterocycles. The number of nitrogens with one attached hydrogen (secondary N) is 1. The van der Waals surface area contributed by atoms with E-state index in [2.05, 4.69) is 5.32 Å². The SMILES string of the molecule is Cn1cccc1C(=O)NCC1(CO)CC1. The van der Waals surface area contributed by atoms with Gasteiger partial charge in [-0.2, -0.15) is 0 Å². The van der Waals surface area contributed by atoms with Gasteiger partial charge in [-0.05, 0) is 25.0 Å². The Balaban J connectivity index is 1.91. The molecule has 0 radical (unpaired) electrons. The zero-order valence-electron chi connectivity index (χ0n) is 8.86. The Morgan fingerprint density at radius 3 is 2.87 bits per heavy atom. The topological polar surface area (TPSA) is 54.3 Å². The summed E-state index contributed by atoms with van der Waals surface area (Å²) in [6.45, 7) is 0.744. The fourth-order valence-corrected chi connectivity index (χ4v) is 1.62. The van der Waals surface area contributed by atoms with Gasteiger partial charge in [-0.3, -0.25) is 4.79 Å². The molecular weight excluding hydrogens is 192 g/mol. The van der Waals surface area contributed by atoms with E-state index in [9.17, 15) is 4.79 Å². The summed E-state index contributed by atoms with van der Waals surface area (Å²) in [7, 11) is 1.84. The van der Waals surface area contributed by atoms with E-state index in [-0.39, 0.29) is 17.9 Å². The molecule has 1 saturated carbocycles. The lowest BCUT2D eigenvalue weighted by molar-refractivity contribution is 0.0927. The van der Waals surface area contributed by atoms with Gasteiger partial charge in [0.15, 0.2) is 0 Å². The Kier molecular flexibility index (Phi) is 2.52. The molecule has 1 aliphatic rings. The van der Waals surface area contributed by atoms with Crippen LogP contribution in [0.5, 0.6) is 0 Å². The molecule has 0 unspecified atom stereocenters. The number of aryl methyl sites for hydroxylation is 1. The van der Waals surface area contributed by atoms with E-state index in [1.165, 1.54) is 0 Å². The number of carbonyl (C=O) groups is 1. The molecule has 4 heteroatoms. The highest BCUT2D eigenvalue weighted by Gasteiger charge is 2.42. The number of hydrogen-bond donors (Lipinski definition) is 2. The number of aromatic nitrogens is 1. The highest BCUT2D eigenvalue weighted by molar-refractivity contribution is 5.92. The van der Waals surface area contributed by atoms with Crippen LogP contribution in [0.2, 0.25) is 0 Å². The minimum atomic E-state index is -0.0674. The van der Waals surface area contributed by atoms with Crippen LogP contribution < -0.4 is 5.32 Å². The fourth-order valence-electron chi connectivity index (χ4n) is 1.62. The molecule has 1 fully saturated rings. The molecule has 1 aliphatic carbocycles. The van der Waals surface area contributed by atoms with Gasteiger partial charge in [-0.15, -0.1) is 0 Å². The minimum absolute atomic E-state index is 0.0270. The van der Waals surface area contributed by atoms with E-state index in [4.69, 9.17) is 5.11 Å². The first-order valence-corrected chi connectivity index (χ1v) is 5.17. The Bertz CT molecular complexity index is 366. The van der Waals surface area contributed by atoms with Gasteiger partial charge in [0, 0.05) is 25.2 Å². The predicted molar refractivity (Wildman–Crippen MR) is 56.5 cm³/mol. The van der Waals surface area contributed by atoms with Gasteiger partial charge in [0.1, 0.15) is 5.69 Å². The number of rotatable bonds is 4. The first-order chi connectivity index (χ1) is 7.17. The van der Waals surface area contributed by atoms with Crippen LogP contribution in [-0.4, -0.2) is 28.7 Å². The first-order valence-electron chi connectivity index (χ1n) is 5.17. The monoisotopic (exact) mass is 208 g/mol. The zero-order valence-corrected chi connectivity index (χ0v) is 8.86.